The Balaban J connectivity index is 1.46. The van der Waals surface area contributed by atoms with Gasteiger partial charge in [-0.2, -0.15) is 0 Å². The number of nitrogens with one attached hydrogen (secondary N) is 2. The van der Waals surface area contributed by atoms with Gasteiger partial charge in [0.2, 0.25) is 0 Å². The maximum Gasteiger partial charge on any atom is 0.315 e. The quantitative estimate of drug-likeness (QED) is 0.846. The van der Waals surface area contributed by atoms with E-state index in [4.69, 9.17) is 0 Å². The lowest BCUT2D eigenvalue weighted by molar-refractivity contribution is 0.206. The van der Waals surface area contributed by atoms with Crippen LogP contribution in [0.25, 0.3) is 0 Å². The molecule has 2 aliphatic carbocycles. The molecular formula is C19H29N3O. The van der Waals surface area contributed by atoms with E-state index >= 15 is 0 Å². The van der Waals surface area contributed by atoms with Gasteiger partial charge in [0.25, 0.3) is 0 Å². The lowest BCUT2D eigenvalue weighted by atomic mass is 9.88. The van der Waals surface area contributed by atoms with Crippen molar-refractivity contribution in [3.8, 4) is 0 Å². The maximum atomic E-state index is 12.2. The third kappa shape index (κ3) is 4.25. The summed E-state index contributed by atoms with van der Waals surface area (Å²) in [5.41, 5.74) is 2.67. The summed E-state index contributed by atoms with van der Waals surface area (Å²) in [4.78, 5) is 14.7. The Morgan fingerprint density at radius 2 is 2.04 bits per heavy atom. The Bertz CT molecular complexity index is 537. The lowest BCUT2D eigenvalue weighted by Gasteiger charge is -2.28. The van der Waals surface area contributed by atoms with Crippen molar-refractivity contribution < 1.29 is 4.79 Å². The highest BCUT2D eigenvalue weighted by atomic mass is 16.2. The standard InChI is InChI=1S/C19H29N3O/c1-14(2)22(16-10-11-16)13-12-20-19(23)21-18-9-5-7-15-6-3-4-8-17(15)18/h3-4,6,8,14,16,18H,5,7,9-13H2,1-2H3,(H2,20,21,23). The minimum atomic E-state index is -0.0359. The summed E-state index contributed by atoms with van der Waals surface area (Å²) in [6.45, 7) is 6.13. The van der Waals surface area contributed by atoms with Crippen LogP contribution in [0.2, 0.25) is 0 Å². The number of benzene rings is 1. The summed E-state index contributed by atoms with van der Waals surface area (Å²) in [6, 6.07) is 9.88. The van der Waals surface area contributed by atoms with Crippen molar-refractivity contribution in [2.24, 2.45) is 0 Å². The summed E-state index contributed by atoms with van der Waals surface area (Å²) in [6.07, 6.45) is 5.92. The summed E-state index contributed by atoms with van der Waals surface area (Å²) in [7, 11) is 0. The van der Waals surface area contributed by atoms with Crippen LogP contribution in [0.1, 0.15) is 56.7 Å². The number of aryl methyl sites for hydroxylation is 1. The zero-order valence-corrected chi connectivity index (χ0v) is 14.3. The van der Waals surface area contributed by atoms with Gasteiger partial charge in [-0.3, -0.25) is 4.90 Å². The van der Waals surface area contributed by atoms with Gasteiger partial charge in [0.1, 0.15) is 0 Å². The molecule has 0 bridgehead atoms. The zero-order chi connectivity index (χ0) is 16.2. The highest BCUT2D eigenvalue weighted by Gasteiger charge is 2.30. The number of carbonyl (C=O) groups excluding carboxylic acids is 1. The number of nitrogens with zero attached hydrogens (tertiary/aromatic N) is 1. The third-order valence-corrected chi connectivity index (χ3v) is 5.01. The topological polar surface area (TPSA) is 44.4 Å². The maximum absolute atomic E-state index is 12.2. The van der Waals surface area contributed by atoms with Gasteiger partial charge in [-0.15, -0.1) is 0 Å². The summed E-state index contributed by atoms with van der Waals surface area (Å²) >= 11 is 0. The molecule has 0 saturated heterocycles. The number of amides is 2. The predicted molar refractivity (Wildman–Crippen MR) is 93.5 cm³/mol. The molecule has 0 aromatic heterocycles. The van der Waals surface area contributed by atoms with Crippen LogP contribution in [0.5, 0.6) is 0 Å². The molecule has 1 saturated carbocycles. The average Bonchev–Trinajstić information content (AvgIpc) is 3.36. The van der Waals surface area contributed by atoms with Gasteiger partial charge >= 0.3 is 6.03 Å². The van der Waals surface area contributed by atoms with E-state index in [1.54, 1.807) is 0 Å². The number of hydrogen-bond donors (Lipinski definition) is 2. The molecule has 2 aliphatic rings. The normalized spacial score (nSPS) is 20.4. The molecular weight excluding hydrogens is 286 g/mol. The van der Waals surface area contributed by atoms with Crippen LogP contribution >= 0.6 is 0 Å². The van der Waals surface area contributed by atoms with Crippen molar-refractivity contribution >= 4 is 6.03 Å². The van der Waals surface area contributed by atoms with Crippen molar-refractivity contribution in [3.05, 3.63) is 35.4 Å². The smallest absolute Gasteiger partial charge is 0.315 e. The molecule has 0 spiro atoms. The first-order valence-electron chi connectivity index (χ1n) is 9.03. The molecule has 1 aromatic rings. The van der Waals surface area contributed by atoms with Gasteiger partial charge < -0.3 is 10.6 Å². The van der Waals surface area contributed by atoms with E-state index < -0.39 is 0 Å². The van der Waals surface area contributed by atoms with Gasteiger partial charge in [0.05, 0.1) is 6.04 Å². The van der Waals surface area contributed by atoms with E-state index in [9.17, 15) is 4.79 Å². The van der Waals surface area contributed by atoms with E-state index in [-0.39, 0.29) is 12.1 Å². The van der Waals surface area contributed by atoms with Gasteiger partial charge in [-0.05, 0) is 57.1 Å². The minimum Gasteiger partial charge on any atom is -0.337 e. The molecule has 3 rings (SSSR count). The summed E-state index contributed by atoms with van der Waals surface area (Å²) in [5.74, 6) is 0. The molecule has 1 atom stereocenters. The van der Waals surface area contributed by atoms with Crippen LogP contribution in [-0.2, 0) is 6.42 Å². The molecule has 0 radical (unpaired) electrons. The molecule has 2 amide bonds. The molecule has 0 aliphatic heterocycles. The second-order valence-corrected chi connectivity index (χ2v) is 7.11. The molecule has 2 N–H and O–H groups in total. The lowest BCUT2D eigenvalue weighted by Crippen LogP contribution is -2.44. The number of carbonyl (C=O) groups is 1. The van der Waals surface area contributed by atoms with Crippen LogP contribution in [0, 0.1) is 0 Å². The molecule has 23 heavy (non-hydrogen) atoms. The van der Waals surface area contributed by atoms with Crippen molar-refractivity contribution in [2.75, 3.05) is 13.1 Å². The number of urea groups is 1. The number of fused-ring (bicyclic) bond motifs is 1. The number of hydrogen-bond acceptors (Lipinski definition) is 2. The monoisotopic (exact) mass is 315 g/mol. The average molecular weight is 315 g/mol. The first-order chi connectivity index (χ1) is 11.1. The molecule has 126 valence electrons. The van der Waals surface area contributed by atoms with Gasteiger partial charge in [0.15, 0.2) is 0 Å². The molecule has 1 aromatic carbocycles. The Kier molecular flexibility index (Phi) is 5.21. The second-order valence-electron chi connectivity index (χ2n) is 7.11. The molecule has 1 fully saturated rings. The van der Waals surface area contributed by atoms with E-state index in [1.165, 1.54) is 24.0 Å². The minimum absolute atomic E-state index is 0.0359. The van der Waals surface area contributed by atoms with Gasteiger partial charge in [0, 0.05) is 25.2 Å². The third-order valence-electron chi connectivity index (χ3n) is 5.01. The largest absolute Gasteiger partial charge is 0.337 e. The van der Waals surface area contributed by atoms with Crippen LogP contribution in [0.15, 0.2) is 24.3 Å². The highest BCUT2D eigenvalue weighted by molar-refractivity contribution is 5.74. The van der Waals surface area contributed by atoms with Crippen molar-refractivity contribution in [1.82, 2.24) is 15.5 Å². The van der Waals surface area contributed by atoms with Gasteiger partial charge in [-0.1, -0.05) is 24.3 Å². The first kappa shape index (κ1) is 16.3. The Morgan fingerprint density at radius 3 is 2.78 bits per heavy atom. The van der Waals surface area contributed by atoms with E-state index in [2.05, 4.69) is 53.6 Å². The highest BCUT2D eigenvalue weighted by Crippen LogP contribution is 2.29. The molecule has 0 heterocycles. The zero-order valence-electron chi connectivity index (χ0n) is 14.3. The number of rotatable bonds is 6. The molecule has 4 heteroatoms. The fourth-order valence-corrected chi connectivity index (χ4v) is 3.68. The molecule has 4 nitrogen and oxygen atoms in total. The SMILES string of the molecule is CC(C)N(CCNC(=O)NC1CCCc2ccccc21)C1CC1. The fourth-order valence-electron chi connectivity index (χ4n) is 3.68. The fraction of sp³-hybridized carbons (Fsp3) is 0.632. The van der Waals surface area contributed by atoms with Crippen LogP contribution in [-0.4, -0.2) is 36.1 Å². The Labute approximate surface area is 139 Å². The van der Waals surface area contributed by atoms with E-state index in [1.807, 2.05) is 0 Å². The predicted octanol–water partition coefficient (Wildman–Crippen LogP) is 3.24. The van der Waals surface area contributed by atoms with Crippen molar-refractivity contribution in [1.29, 1.82) is 0 Å². The van der Waals surface area contributed by atoms with Crippen LogP contribution < -0.4 is 10.6 Å². The summed E-state index contributed by atoms with van der Waals surface area (Å²) < 4.78 is 0. The van der Waals surface area contributed by atoms with E-state index in [0.717, 1.165) is 38.4 Å². The van der Waals surface area contributed by atoms with Crippen LogP contribution in [0.3, 0.4) is 0 Å². The summed E-state index contributed by atoms with van der Waals surface area (Å²) in [5, 5.41) is 6.19. The Hall–Kier alpha value is -1.55. The molecule has 1 unspecified atom stereocenters. The van der Waals surface area contributed by atoms with Gasteiger partial charge in [-0.25, -0.2) is 4.79 Å². The first-order valence-corrected chi connectivity index (χ1v) is 9.03. The Morgan fingerprint density at radius 1 is 1.26 bits per heavy atom. The van der Waals surface area contributed by atoms with E-state index in [0.29, 0.717) is 6.04 Å². The van der Waals surface area contributed by atoms with Crippen LogP contribution in [0.4, 0.5) is 4.79 Å². The van der Waals surface area contributed by atoms with Crippen molar-refractivity contribution in [3.63, 3.8) is 0 Å². The second kappa shape index (κ2) is 7.35. The van der Waals surface area contributed by atoms with Crippen molar-refractivity contribution in [2.45, 2.75) is 64.1 Å².